The molecule has 4 rings (SSSR count). The van der Waals surface area contributed by atoms with E-state index in [1.54, 1.807) is 19.2 Å². The first kappa shape index (κ1) is 31.2. The van der Waals surface area contributed by atoms with Crippen LogP contribution >= 0.6 is 0 Å². The van der Waals surface area contributed by atoms with Gasteiger partial charge in [0.15, 0.2) is 0 Å². The van der Waals surface area contributed by atoms with Crippen LogP contribution in [0.4, 0.5) is 17.8 Å². The number of amides is 1. The number of hydrogen-bond donors (Lipinski definition) is 4. The molecule has 0 aliphatic rings. The van der Waals surface area contributed by atoms with Crippen LogP contribution in [-0.2, 0) is 22.6 Å². The van der Waals surface area contributed by atoms with E-state index in [1.165, 1.54) is 5.56 Å². The topological polar surface area (TPSA) is 132 Å². The van der Waals surface area contributed by atoms with Crippen molar-refractivity contribution in [2.45, 2.75) is 20.0 Å². The van der Waals surface area contributed by atoms with Crippen LogP contribution in [0.2, 0.25) is 0 Å². The summed E-state index contributed by atoms with van der Waals surface area (Å²) in [5.74, 6) is 2.04. The summed E-state index contributed by atoms with van der Waals surface area (Å²) in [7, 11) is 1.65. The lowest BCUT2D eigenvalue weighted by molar-refractivity contribution is 0.0519. The zero-order valence-electron chi connectivity index (χ0n) is 24.6. The zero-order valence-corrected chi connectivity index (χ0v) is 24.6. The van der Waals surface area contributed by atoms with Gasteiger partial charge in [0.05, 0.1) is 33.5 Å². The van der Waals surface area contributed by atoms with Gasteiger partial charge in [0.25, 0.3) is 5.91 Å². The number of nitrogens with one attached hydrogen (secondary N) is 4. The molecule has 3 aromatic carbocycles. The van der Waals surface area contributed by atoms with E-state index in [1.807, 2.05) is 42.5 Å². The molecule has 4 N–H and O–H groups in total. The van der Waals surface area contributed by atoms with Crippen LogP contribution in [0.1, 0.15) is 27.0 Å². The smallest absolute Gasteiger partial charge is 0.251 e. The summed E-state index contributed by atoms with van der Waals surface area (Å²) in [5.41, 5.74) is 4.04. The first-order valence-electron chi connectivity index (χ1n) is 14.2. The van der Waals surface area contributed by atoms with Crippen molar-refractivity contribution in [3.63, 3.8) is 0 Å². The van der Waals surface area contributed by atoms with Crippen molar-refractivity contribution < 1.29 is 19.0 Å². The summed E-state index contributed by atoms with van der Waals surface area (Å²) >= 11 is 0. The van der Waals surface area contributed by atoms with Gasteiger partial charge in [0.2, 0.25) is 17.8 Å². The number of nitrogens with zero attached hydrogens (tertiary/aromatic N) is 3. The molecule has 0 saturated carbocycles. The van der Waals surface area contributed by atoms with Gasteiger partial charge in [-0.1, -0.05) is 60.2 Å². The monoisotopic (exact) mass is 585 g/mol. The largest absolute Gasteiger partial charge is 0.497 e. The molecule has 0 aliphatic heterocycles. The molecule has 0 fully saturated rings. The number of carbonyl (C=O) groups is 1. The summed E-state index contributed by atoms with van der Waals surface area (Å²) in [6.45, 7) is 5.85. The van der Waals surface area contributed by atoms with Gasteiger partial charge in [-0.15, -0.1) is 0 Å². The Kier molecular flexibility index (Phi) is 12.5. The van der Waals surface area contributed by atoms with Crippen molar-refractivity contribution in [1.29, 1.82) is 0 Å². The van der Waals surface area contributed by atoms with Gasteiger partial charge in [-0.05, 0) is 42.3 Å². The van der Waals surface area contributed by atoms with Crippen molar-refractivity contribution in [2.24, 2.45) is 0 Å². The molecule has 0 bridgehead atoms. The third kappa shape index (κ3) is 11.2. The van der Waals surface area contributed by atoms with Gasteiger partial charge in [0, 0.05) is 31.7 Å². The predicted molar refractivity (Wildman–Crippen MR) is 168 cm³/mol. The SMILES string of the molecule is COc1ccc(CNc2nc(NCCOCCOCCNC(=O)c3ccccc3)nc(NCc3ccc(C)cc3)n2)cc1. The number of hydrogen-bond acceptors (Lipinski definition) is 10. The molecule has 0 unspecified atom stereocenters. The minimum atomic E-state index is -0.113. The first-order valence-corrected chi connectivity index (χ1v) is 14.2. The second kappa shape index (κ2) is 17.3. The van der Waals surface area contributed by atoms with Gasteiger partial charge in [-0.3, -0.25) is 4.79 Å². The maximum Gasteiger partial charge on any atom is 0.251 e. The Morgan fingerprint density at radius 2 is 1.19 bits per heavy atom. The van der Waals surface area contributed by atoms with Crippen LogP contribution in [0, 0.1) is 6.92 Å². The van der Waals surface area contributed by atoms with Crippen LogP contribution in [0.5, 0.6) is 5.75 Å². The summed E-state index contributed by atoms with van der Waals surface area (Å²) in [4.78, 5) is 25.6. The lowest BCUT2D eigenvalue weighted by atomic mass is 10.1. The maximum atomic E-state index is 12.0. The van der Waals surface area contributed by atoms with E-state index in [2.05, 4.69) is 67.4 Å². The molecule has 1 aromatic heterocycles. The Hall–Kier alpha value is -4.74. The van der Waals surface area contributed by atoms with E-state index in [0.29, 0.717) is 76.0 Å². The third-order valence-electron chi connectivity index (χ3n) is 6.29. The summed E-state index contributed by atoms with van der Waals surface area (Å²) in [6.07, 6.45) is 0. The number of benzene rings is 3. The zero-order chi connectivity index (χ0) is 30.1. The normalized spacial score (nSPS) is 10.7. The number of carbonyl (C=O) groups excluding carboxylic acids is 1. The Morgan fingerprint density at radius 1 is 0.651 bits per heavy atom. The van der Waals surface area contributed by atoms with Crippen LogP contribution in [0.25, 0.3) is 0 Å². The van der Waals surface area contributed by atoms with Crippen LogP contribution in [-0.4, -0.2) is 67.5 Å². The summed E-state index contributed by atoms with van der Waals surface area (Å²) < 4.78 is 16.4. The Bertz CT molecular complexity index is 1390. The minimum absolute atomic E-state index is 0.113. The van der Waals surface area contributed by atoms with E-state index in [0.717, 1.165) is 16.9 Å². The molecule has 0 spiro atoms. The molecule has 0 atom stereocenters. The number of aryl methyl sites for hydroxylation is 1. The fraction of sp³-hybridized carbons (Fsp3) is 0.312. The van der Waals surface area contributed by atoms with Crippen LogP contribution in [0.3, 0.4) is 0 Å². The summed E-state index contributed by atoms with van der Waals surface area (Å²) in [6, 6.07) is 25.2. The van der Waals surface area contributed by atoms with E-state index < -0.39 is 0 Å². The highest BCUT2D eigenvalue weighted by molar-refractivity contribution is 5.94. The molecule has 11 nitrogen and oxygen atoms in total. The van der Waals surface area contributed by atoms with Gasteiger partial charge >= 0.3 is 0 Å². The van der Waals surface area contributed by atoms with Crippen molar-refractivity contribution in [1.82, 2.24) is 20.3 Å². The Morgan fingerprint density at radius 3 is 1.77 bits per heavy atom. The molecule has 0 aliphatic carbocycles. The second-order valence-electron chi connectivity index (χ2n) is 9.62. The molecule has 43 heavy (non-hydrogen) atoms. The van der Waals surface area contributed by atoms with Gasteiger partial charge in [-0.25, -0.2) is 0 Å². The van der Waals surface area contributed by atoms with Gasteiger partial charge in [0.1, 0.15) is 5.75 Å². The molecule has 0 saturated heterocycles. The average Bonchev–Trinajstić information content (AvgIpc) is 3.05. The third-order valence-corrected chi connectivity index (χ3v) is 6.29. The molecule has 4 aromatic rings. The molecule has 226 valence electrons. The number of aromatic nitrogens is 3. The van der Waals surface area contributed by atoms with Crippen molar-refractivity contribution in [3.05, 3.63) is 101 Å². The Labute approximate surface area is 252 Å². The highest BCUT2D eigenvalue weighted by Crippen LogP contribution is 2.15. The highest BCUT2D eigenvalue weighted by Gasteiger charge is 2.08. The number of rotatable bonds is 18. The summed E-state index contributed by atoms with van der Waals surface area (Å²) in [5, 5.41) is 12.6. The number of anilines is 3. The molecule has 0 radical (unpaired) electrons. The van der Waals surface area contributed by atoms with Crippen LogP contribution in [0.15, 0.2) is 78.9 Å². The van der Waals surface area contributed by atoms with Gasteiger partial charge in [-0.2, -0.15) is 15.0 Å². The number of ether oxygens (including phenoxy) is 3. The minimum Gasteiger partial charge on any atom is -0.497 e. The van der Waals surface area contributed by atoms with E-state index >= 15 is 0 Å². The standard InChI is InChI=1S/C32H39N7O4/c1-24-8-10-25(11-9-24)22-35-31-37-30(38-32(39-31)36-23-26-12-14-28(41-2)15-13-26)34-17-19-43-21-20-42-18-16-33-29(40)27-6-4-3-5-7-27/h3-15H,16-23H2,1-2H3,(H,33,40)(H3,34,35,36,37,38,39). The Balaban J connectivity index is 1.19. The van der Waals surface area contributed by atoms with Crippen molar-refractivity contribution in [2.75, 3.05) is 62.6 Å². The second-order valence-corrected chi connectivity index (χ2v) is 9.62. The van der Waals surface area contributed by atoms with Gasteiger partial charge < -0.3 is 35.5 Å². The molecular formula is C32H39N7O4. The first-order chi connectivity index (χ1) is 21.1. The average molecular weight is 586 g/mol. The predicted octanol–water partition coefficient (Wildman–Crippen LogP) is 4.29. The van der Waals surface area contributed by atoms with E-state index in [4.69, 9.17) is 14.2 Å². The quantitative estimate of drug-likeness (QED) is 0.125. The lowest BCUT2D eigenvalue weighted by Gasteiger charge is -2.12. The van der Waals surface area contributed by atoms with E-state index in [9.17, 15) is 4.79 Å². The van der Waals surface area contributed by atoms with E-state index in [-0.39, 0.29) is 5.91 Å². The lowest BCUT2D eigenvalue weighted by Crippen LogP contribution is -2.27. The molecule has 1 amide bonds. The molecule has 11 heteroatoms. The fourth-order valence-electron chi connectivity index (χ4n) is 3.91. The van der Waals surface area contributed by atoms with Crippen LogP contribution < -0.4 is 26.0 Å². The molecule has 1 heterocycles. The molecular weight excluding hydrogens is 546 g/mol. The van der Waals surface area contributed by atoms with Crippen molar-refractivity contribution in [3.8, 4) is 5.75 Å². The maximum absolute atomic E-state index is 12.0. The highest BCUT2D eigenvalue weighted by atomic mass is 16.5. The number of methoxy groups -OCH3 is 1. The van der Waals surface area contributed by atoms with Crippen molar-refractivity contribution >= 4 is 23.8 Å². The fourth-order valence-corrected chi connectivity index (χ4v) is 3.91.